The van der Waals surface area contributed by atoms with Crippen molar-refractivity contribution in [1.82, 2.24) is 0 Å². The molecule has 0 saturated heterocycles. The van der Waals surface area contributed by atoms with Crippen LogP contribution in [-0.4, -0.2) is 23.7 Å². The van der Waals surface area contributed by atoms with Gasteiger partial charge in [0, 0.05) is 5.69 Å². The number of nitrogen functional groups attached to an aromatic ring is 1. The maximum absolute atomic E-state index is 11.5. The van der Waals surface area contributed by atoms with Gasteiger partial charge < -0.3 is 15.6 Å². The van der Waals surface area contributed by atoms with Crippen molar-refractivity contribution < 1.29 is 19.4 Å². The zero-order chi connectivity index (χ0) is 12.1. The average Bonchev–Trinajstić information content (AvgIpc) is 2.25. The molecule has 0 aromatic heterocycles. The summed E-state index contributed by atoms with van der Waals surface area (Å²) in [5.74, 6) is -1.94. The van der Waals surface area contributed by atoms with Crippen molar-refractivity contribution in [3.05, 3.63) is 42.0 Å². The Morgan fingerprint density at radius 3 is 2.69 bits per heavy atom. The molecule has 0 unspecified atom stereocenters. The van der Waals surface area contributed by atoms with Crippen LogP contribution in [0.2, 0.25) is 0 Å². The maximum Gasteiger partial charge on any atom is 0.339 e. The minimum Gasteiger partial charge on any atom is -0.478 e. The second kappa shape index (κ2) is 4.97. The summed E-state index contributed by atoms with van der Waals surface area (Å²) >= 11 is 0. The molecule has 84 valence electrons. The summed E-state index contributed by atoms with van der Waals surface area (Å²) in [5, 5.41) is 8.86. The van der Waals surface area contributed by atoms with E-state index in [1.165, 1.54) is 24.3 Å². The number of benzene rings is 1. The lowest BCUT2D eigenvalue weighted by Crippen LogP contribution is -2.12. The first-order valence-electron chi connectivity index (χ1n) is 4.47. The Morgan fingerprint density at radius 1 is 1.44 bits per heavy atom. The highest BCUT2D eigenvalue weighted by Crippen LogP contribution is 2.15. The molecule has 0 aliphatic rings. The van der Waals surface area contributed by atoms with Crippen molar-refractivity contribution in [3.63, 3.8) is 0 Å². The number of esters is 1. The molecule has 0 spiro atoms. The van der Waals surface area contributed by atoms with Gasteiger partial charge in [0.25, 0.3) is 0 Å². The van der Waals surface area contributed by atoms with Crippen molar-refractivity contribution in [2.24, 2.45) is 0 Å². The Balaban J connectivity index is 3.09. The van der Waals surface area contributed by atoms with Gasteiger partial charge in [-0.05, 0) is 18.2 Å². The third-order valence-electron chi connectivity index (χ3n) is 1.83. The number of carboxylic acids is 1. The van der Waals surface area contributed by atoms with E-state index in [9.17, 15) is 9.59 Å². The zero-order valence-electron chi connectivity index (χ0n) is 8.47. The summed E-state index contributed by atoms with van der Waals surface area (Å²) in [6, 6.07) is 3.95. The molecule has 5 nitrogen and oxygen atoms in total. The molecule has 0 fully saturated rings. The Labute approximate surface area is 92.1 Å². The van der Waals surface area contributed by atoms with Crippen molar-refractivity contribution in [1.29, 1.82) is 0 Å². The number of aromatic carboxylic acids is 1. The first-order valence-corrected chi connectivity index (χ1v) is 4.47. The molecule has 0 amide bonds. The van der Waals surface area contributed by atoms with Crippen LogP contribution in [0.5, 0.6) is 0 Å². The van der Waals surface area contributed by atoms with E-state index in [0.29, 0.717) is 5.69 Å². The quantitative estimate of drug-likeness (QED) is 0.454. The summed E-state index contributed by atoms with van der Waals surface area (Å²) in [6.45, 7) is 3.40. The third-order valence-corrected chi connectivity index (χ3v) is 1.83. The summed E-state index contributed by atoms with van der Waals surface area (Å²) in [5.41, 5.74) is 5.58. The highest BCUT2D eigenvalue weighted by atomic mass is 16.5. The number of hydrogen-bond acceptors (Lipinski definition) is 4. The van der Waals surface area contributed by atoms with E-state index in [0.717, 1.165) is 0 Å². The third kappa shape index (κ3) is 2.60. The molecule has 5 heteroatoms. The molecule has 0 heterocycles. The summed E-state index contributed by atoms with van der Waals surface area (Å²) in [7, 11) is 0. The maximum atomic E-state index is 11.5. The molecule has 1 aromatic carbocycles. The highest BCUT2D eigenvalue weighted by molar-refractivity contribution is 6.03. The molecular weight excluding hydrogens is 210 g/mol. The molecule has 0 atom stereocenters. The number of ether oxygens (including phenoxy) is 1. The molecule has 1 rings (SSSR count). The van der Waals surface area contributed by atoms with Crippen LogP contribution >= 0.6 is 0 Å². The van der Waals surface area contributed by atoms with E-state index < -0.39 is 11.9 Å². The highest BCUT2D eigenvalue weighted by Gasteiger charge is 2.17. The molecule has 0 radical (unpaired) electrons. The predicted molar refractivity (Wildman–Crippen MR) is 58.3 cm³/mol. The molecule has 0 bridgehead atoms. The van der Waals surface area contributed by atoms with Crippen LogP contribution in [-0.2, 0) is 4.74 Å². The van der Waals surface area contributed by atoms with Gasteiger partial charge in [-0.1, -0.05) is 12.7 Å². The van der Waals surface area contributed by atoms with Crippen LogP contribution < -0.4 is 5.73 Å². The van der Waals surface area contributed by atoms with Crippen LogP contribution in [0.1, 0.15) is 20.7 Å². The number of hydrogen-bond donors (Lipinski definition) is 2. The van der Waals surface area contributed by atoms with E-state index in [-0.39, 0.29) is 17.7 Å². The standard InChI is InChI=1S/C11H11NO4/c1-2-5-16-11(15)9-6-7(12)3-4-8(9)10(13)14/h2-4,6H,1,5,12H2,(H,13,14). The first-order chi connectivity index (χ1) is 7.56. The zero-order valence-corrected chi connectivity index (χ0v) is 8.47. The lowest BCUT2D eigenvalue weighted by molar-refractivity contribution is 0.0536. The lowest BCUT2D eigenvalue weighted by Gasteiger charge is -2.06. The second-order valence-corrected chi connectivity index (χ2v) is 3.00. The average molecular weight is 221 g/mol. The fourth-order valence-electron chi connectivity index (χ4n) is 1.13. The van der Waals surface area contributed by atoms with Crippen LogP contribution in [0.3, 0.4) is 0 Å². The lowest BCUT2D eigenvalue weighted by atomic mass is 10.1. The fourth-order valence-corrected chi connectivity index (χ4v) is 1.13. The normalized spacial score (nSPS) is 9.50. The van der Waals surface area contributed by atoms with Crippen molar-refractivity contribution >= 4 is 17.6 Å². The Morgan fingerprint density at radius 2 is 2.12 bits per heavy atom. The molecule has 0 aliphatic carbocycles. The van der Waals surface area contributed by atoms with E-state index in [2.05, 4.69) is 6.58 Å². The van der Waals surface area contributed by atoms with Gasteiger partial charge in [-0.25, -0.2) is 9.59 Å². The smallest absolute Gasteiger partial charge is 0.339 e. The monoisotopic (exact) mass is 221 g/mol. The minimum atomic E-state index is -1.20. The van der Waals surface area contributed by atoms with Crippen LogP contribution in [0.25, 0.3) is 0 Å². The molecule has 3 N–H and O–H groups in total. The number of carbonyl (C=O) groups is 2. The van der Waals surface area contributed by atoms with Gasteiger partial charge >= 0.3 is 11.9 Å². The van der Waals surface area contributed by atoms with Gasteiger partial charge in [-0.2, -0.15) is 0 Å². The molecular formula is C11H11NO4. The van der Waals surface area contributed by atoms with Gasteiger partial charge in [-0.3, -0.25) is 0 Å². The molecule has 16 heavy (non-hydrogen) atoms. The van der Waals surface area contributed by atoms with Gasteiger partial charge in [-0.15, -0.1) is 0 Å². The Hall–Kier alpha value is -2.30. The van der Waals surface area contributed by atoms with Crippen LogP contribution in [0.15, 0.2) is 30.9 Å². The van der Waals surface area contributed by atoms with Crippen LogP contribution in [0, 0.1) is 0 Å². The molecule has 1 aromatic rings. The second-order valence-electron chi connectivity index (χ2n) is 3.00. The minimum absolute atomic E-state index is 0.0205. The number of rotatable bonds is 4. The largest absolute Gasteiger partial charge is 0.478 e. The van der Waals surface area contributed by atoms with Crippen molar-refractivity contribution in [3.8, 4) is 0 Å². The van der Waals surface area contributed by atoms with E-state index >= 15 is 0 Å². The Kier molecular flexibility index (Phi) is 3.66. The van der Waals surface area contributed by atoms with Crippen molar-refractivity contribution in [2.75, 3.05) is 12.3 Å². The van der Waals surface area contributed by atoms with Crippen LogP contribution in [0.4, 0.5) is 5.69 Å². The number of nitrogens with two attached hydrogens (primary N) is 1. The summed E-state index contributed by atoms with van der Waals surface area (Å²) in [4.78, 5) is 22.3. The number of anilines is 1. The summed E-state index contributed by atoms with van der Waals surface area (Å²) < 4.78 is 4.75. The van der Waals surface area contributed by atoms with Gasteiger partial charge in [0.15, 0.2) is 0 Å². The van der Waals surface area contributed by atoms with E-state index in [4.69, 9.17) is 15.6 Å². The van der Waals surface area contributed by atoms with Gasteiger partial charge in [0.05, 0.1) is 11.1 Å². The molecule has 0 saturated carbocycles. The molecule has 0 aliphatic heterocycles. The van der Waals surface area contributed by atoms with Gasteiger partial charge in [0.2, 0.25) is 0 Å². The topological polar surface area (TPSA) is 89.6 Å². The SMILES string of the molecule is C=CCOC(=O)c1cc(N)ccc1C(=O)O. The predicted octanol–water partition coefficient (Wildman–Crippen LogP) is 1.31. The van der Waals surface area contributed by atoms with E-state index in [1.54, 1.807) is 0 Å². The van der Waals surface area contributed by atoms with Crippen molar-refractivity contribution in [2.45, 2.75) is 0 Å². The Bertz CT molecular complexity index is 440. The van der Waals surface area contributed by atoms with Gasteiger partial charge in [0.1, 0.15) is 6.61 Å². The number of carbonyl (C=O) groups excluding carboxylic acids is 1. The fraction of sp³-hybridized carbons (Fsp3) is 0.0909. The summed E-state index contributed by atoms with van der Waals surface area (Å²) in [6.07, 6.45) is 1.39. The van der Waals surface area contributed by atoms with E-state index in [1.807, 2.05) is 0 Å². The number of carboxylic acid groups (broad SMARTS) is 1. The first kappa shape index (κ1) is 11.8.